The molecule has 0 radical (unpaired) electrons. The van der Waals surface area contributed by atoms with Crippen molar-refractivity contribution in [1.29, 1.82) is 0 Å². The van der Waals surface area contributed by atoms with Gasteiger partial charge in [0.05, 0.1) is 25.0 Å². The van der Waals surface area contributed by atoms with Crippen LogP contribution in [0.2, 0.25) is 0 Å². The molecular weight excluding hydrogens is 366 g/mol. The summed E-state index contributed by atoms with van der Waals surface area (Å²) in [5, 5.41) is 14.9. The normalized spacial score (nSPS) is 11.2. The van der Waals surface area contributed by atoms with E-state index in [9.17, 15) is 13.6 Å². The molecule has 3 rings (SSSR count). The highest BCUT2D eigenvalue weighted by atomic mass is 32.1. The summed E-state index contributed by atoms with van der Waals surface area (Å²) in [6.45, 7) is 3.01. The predicted molar refractivity (Wildman–Crippen MR) is 91.3 cm³/mol. The number of carbonyl (C=O) groups is 1. The second kappa shape index (κ2) is 8.15. The van der Waals surface area contributed by atoms with Crippen LogP contribution < -0.4 is 5.32 Å². The maximum atomic E-state index is 13.2. The van der Waals surface area contributed by atoms with E-state index in [2.05, 4.69) is 25.6 Å². The Kier molecular flexibility index (Phi) is 5.68. The van der Waals surface area contributed by atoms with E-state index in [4.69, 9.17) is 4.74 Å². The van der Waals surface area contributed by atoms with Gasteiger partial charge >= 0.3 is 0 Å². The van der Waals surface area contributed by atoms with E-state index in [1.807, 2.05) is 6.92 Å². The smallest absolute Gasteiger partial charge is 0.284 e. The summed E-state index contributed by atoms with van der Waals surface area (Å²) in [5.74, 6) is -0.581. The molecule has 0 aliphatic carbocycles. The number of nitrogens with zero attached hydrogens (tertiary/aromatic N) is 4. The van der Waals surface area contributed by atoms with Crippen molar-refractivity contribution < 1.29 is 18.3 Å². The molecule has 0 unspecified atom stereocenters. The number of aromatic nitrogens is 5. The van der Waals surface area contributed by atoms with E-state index in [0.29, 0.717) is 24.8 Å². The summed E-state index contributed by atoms with van der Waals surface area (Å²) >= 11 is 1.26. The maximum Gasteiger partial charge on any atom is 0.284 e. The van der Waals surface area contributed by atoms with Crippen molar-refractivity contribution in [2.75, 3.05) is 18.5 Å². The number of anilines is 1. The third kappa shape index (κ3) is 4.11. The van der Waals surface area contributed by atoms with E-state index < -0.39 is 18.0 Å². The fourth-order valence-corrected chi connectivity index (χ4v) is 2.96. The number of aromatic amines is 1. The van der Waals surface area contributed by atoms with Gasteiger partial charge in [-0.1, -0.05) is 0 Å². The van der Waals surface area contributed by atoms with Crippen LogP contribution in [-0.4, -0.2) is 44.1 Å². The SMILES string of the molecule is CCOCCn1cc(NC(=O)c2csc(-c3cn[nH]c3)n2)c(C(F)F)n1. The zero-order valence-corrected chi connectivity index (χ0v) is 14.6. The molecule has 138 valence electrons. The molecule has 11 heteroatoms. The third-order valence-corrected chi connectivity index (χ3v) is 4.29. The second-order valence-corrected chi connectivity index (χ2v) is 6.03. The lowest BCUT2D eigenvalue weighted by Crippen LogP contribution is -2.13. The van der Waals surface area contributed by atoms with Crippen LogP contribution in [0.1, 0.15) is 29.5 Å². The highest BCUT2D eigenvalue weighted by Crippen LogP contribution is 2.27. The second-order valence-electron chi connectivity index (χ2n) is 5.17. The molecule has 0 saturated heterocycles. The molecule has 0 fully saturated rings. The van der Waals surface area contributed by atoms with Crippen LogP contribution in [0.25, 0.3) is 10.6 Å². The lowest BCUT2D eigenvalue weighted by molar-refractivity contribution is 0.102. The van der Waals surface area contributed by atoms with Crippen molar-refractivity contribution in [3.8, 4) is 10.6 Å². The Bertz CT molecular complexity index is 862. The van der Waals surface area contributed by atoms with Crippen LogP contribution in [0.5, 0.6) is 0 Å². The molecule has 0 spiro atoms. The van der Waals surface area contributed by atoms with Gasteiger partial charge < -0.3 is 10.1 Å². The summed E-state index contributed by atoms with van der Waals surface area (Å²) in [4.78, 5) is 16.5. The van der Waals surface area contributed by atoms with Gasteiger partial charge in [0.1, 0.15) is 10.7 Å². The van der Waals surface area contributed by atoms with Gasteiger partial charge in [0.2, 0.25) is 0 Å². The highest BCUT2D eigenvalue weighted by molar-refractivity contribution is 7.13. The van der Waals surface area contributed by atoms with Gasteiger partial charge in [-0.2, -0.15) is 10.2 Å². The number of thiazole rings is 1. The van der Waals surface area contributed by atoms with Crippen LogP contribution in [0.4, 0.5) is 14.5 Å². The summed E-state index contributed by atoms with van der Waals surface area (Å²) in [6.07, 6.45) is 1.79. The van der Waals surface area contributed by atoms with Gasteiger partial charge in [-0.15, -0.1) is 11.3 Å². The number of hydrogen-bond donors (Lipinski definition) is 2. The largest absolute Gasteiger partial charge is 0.380 e. The van der Waals surface area contributed by atoms with Crippen molar-refractivity contribution in [2.45, 2.75) is 19.9 Å². The number of rotatable bonds is 8. The van der Waals surface area contributed by atoms with E-state index >= 15 is 0 Å². The molecule has 0 aliphatic heterocycles. The molecule has 0 atom stereocenters. The average Bonchev–Trinajstić information content (AvgIpc) is 3.35. The van der Waals surface area contributed by atoms with E-state index in [0.717, 1.165) is 5.56 Å². The number of H-pyrrole nitrogens is 1. The zero-order valence-electron chi connectivity index (χ0n) is 13.8. The summed E-state index contributed by atoms with van der Waals surface area (Å²) in [5.41, 5.74) is 0.346. The Morgan fingerprint density at radius 2 is 2.35 bits per heavy atom. The van der Waals surface area contributed by atoms with Gasteiger partial charge in [-0.05, 0) is 6.92 Å². The molecule has 2 N–H and O–H groups in total. The molecule has 0 aliphatic rings. The van der Waals surface area contributed by atoms with E-state index in [1.54, 1.807) is 17.8 Å². The molecule has 1 amide bonds. The monoisotopic (exact) mass is 382 g/mol. The first kappa shape index (κ1) is 18.1. The number of ether oxygens (including phenoxy) is 1. The van der Waals surface area contributed by atoms with Crippen LogP contribution in [0, 0.1) is 0 Å². The van der Waals surface area contributed by atoms with Crippen LogP contribution in [0.15, 0.2) is 24.0 Å². The first-order chi connectivity index (χ1) is 12.6. The summed E-state index contributed by atoms with van der Waals surface area (Å²) in [7, 11) is 0. The molecule has 0 aromatic carbocycles. The zero-order chi connectivity index (χ0) is 18.5. The summed E-state index contributed by atoms with van der Waals surface area (Å²) in [6, 6.07) is 0. The Labute approximate surface area is 151 Å². The van der Waals surface area contributed by atoms with Crippen molar-refractivity contribution in [3.63, 3.8) is 0 Å². The minimum atomic E-state index is -2.81. The number of carbonyl (C=O) groups excluding carboxylic acids is 1. The van der Waals surface area contributed by atoms with Gasteiger partial charge in [0, 0.05) is 29.9 Å². The number of alkyl halides is 2. The van der Waals surface area contributed by atoms with Crippen molar-refractivity contribution >= 4 is 22.9 Å². The predicted octanol–water partition coefficient (Wildman–Crippen LogP) is 2.96. The molecule has 3 aromatic heterocycles. The van der Waals surface area contributed by atoms with Gasteiger partial charge in [-0.25, -0.2) is 13.8 Å². The Morgan fingerprint density at radius 3 is 3.04 bits per heavy atom. The molecule has 3 heterocycles. The average molecular weight is 382 g/mol. The fraction of sp³-hybridized carbons (Fsp3) is 0.333. The summed E-state index contributed by atoms with van der Waals surface area (Å²) < 4.78 is 32.9. The van der Waals surface area contributed by atoms with Crippen molar-refractivity contribution in [1.82, 2.24) is 25.0 Å². The highest BCUT2D eigenvalue weighted by Gasteiger charge is 2.21. The lowest BCUT2D eigenvalue weighted by atomic mass is 10.3. The molecular formula is C15H16F2N6O2S. The third-order valence-electron chi connectivity index (χ3n) is 3.40. The lowest BCUT2D eigenvalue weighted by Gasteiger charge is -2.02. The van der Waals surface area contributed by atoms with Crippen LogP contribution >= 0.6 is 11.3 Å². The Morgan fingerprint density at radius 1 is 1.50 bits per heavy atom. The fourth-order valence-electron chi connectivity index (χ4n) is 2.18. The Balaban J connectivity index is 1.74. The maximum absolute atomic E-state index is 13.2. The molecule has 3 aromatic rings. The number of nitrogens with one attached hydrogen (secondary N) is 2. The van der Waals surface area contributed by atoms with Crippen molar-refractivity contribution in [2.24, 2.45) is 0 Å². The molecule has 0 bridgehead atoms. The minimum absolute atomic E-state index is 0.0423. The quantitative estimate of drug-likeness (QED) is 0.584. The van der Waals surface area contributed by atoms with E-state index in [1.165, 1.54) is 22.2 Å². The molecule has 8 nitrogen and oxygen atoms in total. The van der Waals surface area contributed by atoms with Gasteiger partial charge in [-0.3, -0.25) is 14.6 Å². The van der Waals surface area contributed by atoms with Crippen molar-refractivity contribution in [3.05, 3.63) is 35.4 Å². The first-order valence-electron chi connectivity index (χ1n) is 7.77. The number of amides is 1. The van der Waals surface area contributed by atoms with Crippen LogP contribution in [-0.2, 0) is 11.3 Å². The van der Waals surface area contributed by atoms with E-state index in [-0.39, 0.29) is 11.4 Å². The standard InChI is InChI=1S/C15H16F2N6O2S/c1-2-25-4-3-23-7-10(12(22-23)13(16)17)20-14(24)11-8-26-15(21-11)9-5-18-19-6-9/h5-8,13H,2-4H2,1H3,(H,18,19)(H,20,24). The molecule has 26 heavy (non-hydrogen) atoms. The first-order valence-corrected chi connectivity index (χ1v) is 8.65. The Hall–Kier alpha value is -2.66. The number of hydrogen-bond acceptors (Lipinski definition) is 6. The molecule has 0 saturated carbocycles. The number of halogens is 2. The minimum Gasteiger partial charge on any atom is -0.380 e. The van der Waals surface area contributed by atoms with Crippen LogP contribution in [0.3, 0.4) is 0 Å². The van der Waals surface area contributed by atoms with Gasteiger partial charge in [0.25, 0.3) is 12.3 Å². The van der Waals surface area contributed by atoms with Gasteiger partial charge in [0.15, 0.2) is 5.69 Å². The topological polar surface area (TPSA) is 97.7 Å².